The van der Waals surface area contributed by atoms with Crippen LogP contribution in [0.5, 0.6) is 5.75 Å². The average Bonchev–Trinajstić information content (AvgIpc) is 3.03. The van der Waals surface area contributed by atoms with Gasteiger partial charge in [-0.1, -0.05) is 49.4 Å². The Bertz CT molecular complexity index is 1690. The smallest absolute Gasteiger partial charge is 0.323 e. The van der Waals surface area contributed by atoms with E-state index >= 15 is 0 Å². The largest absolute Gasteiger partial charge is 0.485 e. The third kappa shape index (κ3) is 7.15. The Kier molecular flexibility index (Phi) is 9.48. The van der Waals surface area contributed by atoms with Gasteiger partial charge in [-0.15, -0.1) is 0 Å². The van der Waals surface area contributed by atoms with Crippen LogP contribution in [0, 0.1) is 11.7 Å². The Morgan fingerprint density at radius 1 is 0.978 bits per heavy atom. The highest BCUT2D eigenvalue weighted by Crippen LogP contribution is 2.35. The Morgan fingerprint density at radius 3 is 2.40 bits per heavy atom. The maximum atomic E-state index is 13.8. The fourth-order valence-electron chi connectivity index (χ4n) is 5.27. The zero-order valence-corrected chi connectivity index (χ0v) is 25.3. The molecule has 0 spiro atoms. The van der Waals surface area contributed by atoms with Gasteiger partial charge in [0.15, 0.2) is 5.75 Å². The first-order chi connectivity index (χ1) is 21.6. The average molecular weight is 614 g/mol. The lowest BCUT2D eigenvalue weighted by Crippen LogP contribution is -2.50. The predicted octanol–water partition coefficient (Wildman–Crippen LogP) is 6.01. The summed E-state index contributed by atoms with van der Waals surface area (Å²) in [5.74, 6) is -0.884. The van der Waals surface area contributed by atoms with Crippen LogP contribution in [-0.2, 0) is 0 Å². The van der Waals surface area contributed by atoms with E-state index in [1.165, 1.54) is 29.2 Å². The summed E-state index contributed by atoms with van der Waals surface area (Å²) in [5, 5.41) is 20.3. The number of carbonyl (C=O) groups is 3. The number of urea groups is 2. The van der Waals surface area contributed by atoms with Crippen LogP contribution >= 0.6 is 0 Å². The van der Waals surface area contributed by atoms with Gasteiger partial charge in [0.2, 0.25) is 0 Å². The fraction of sp³-hybridized carbons (Fsp3) is 0.265. The minimum Gasteiger partial charge on any atom is -0.485 e. The molecular formula is C34H36FN5O5. The van der Waals surface area contributed by atoms with Gasteiger partial charge in [-0.2, -0.15) is 0 Å². The number of para-hydroxylation sites is 1. The van der Waals surface area contributed by atoms with Gasteiger partial charge in [-0.05, 0) is 54.8 Å². The number of fused-ring (bicyclic) bond motifs is 2. The molecule has 0 bridgehead atoms. The number of anilines is 3. The van der Waals surface area contributed by atoms with E-state index < -0.39 is 30.0 Å². The summed E-state index contributed by atoms with van der Waals surface area (Å²) in [6.07, 6.45) is -0.613. The number of aliphatic hydroxyl groups is 1. The van der Waals surface area contributed by atoms with Crippen molar-refractivity contribution in [3.05, 3.63) is 96.3 Å². The van der Waals surface area contributed by atoms with Crippen molar-refractivity contribution in [3.63, 3.8) is 0 Å². The SMILES string of the molecule is C[C@H]1CN([C@@H](C)CO)C(=O)c2cccc(NC(=O)Nc3cccc4ccccc34)c2O[C@H]1CN(C)C(=O)Nc1ccc(F)cc1. The van der Waals surface area contributed by atoms with Crippen LogP contribution in [0.15, 0.2) is 84.9 Å². The molecule has 0 aromatic heterocycles. The van der Waals surface area contributed by atoms with E-state index in [9.17, 15) is 23.9 Å². The van der Waals surface area contributed by atoms with Crippen molar-refractivity contribution >= 4 is 45.8 Å². The lowest BCUT2D eigenvalue weighted by atomic mass is 9.99. The molecule has 4 aromatic carbocycles. The Balaban J connectivity index is 1.42. The van der Waals surface area contributed by atoms with E-state index in [1.807, 2.05) is 43.3 Å². The van der Waals surface area contributed by atoms with Gasteiger partial charge in [-0.3, -0.25) is 4.79 Å². The fourth-order valence-corrected chi connectivity index (χ4v) is 5.27. The molecule has 11 heteroatoms. The summed E-state index contributed by atoms with van der Waals surface area (Å²) in [7, 11) is 1.61. The molecule has 0 radical (unpaired) electrons. The molecule has 1 aliphatic heterocycles. The summed E-state index contributed by atoms with van der Waals surface area (Å²) in [5.41, 5.74) is 1.54. The third-order valence-electron chi connectivity index (χ3n) is 7.87. The van der Waals surface area contributed by atoms with Crippen molar-refractivity contribution in [2.24, 2.45) is 5.92 Å². The quantitative estimate of drug-likeness (QED) is 0.203. The number of hydrogen-bond donors (Lipinski definition) is 4. The molecule has 0 aliphatic carbocycles. The number of nitrogens with one attached hydrogen (secondary N) is 3. The van der Waals surface area contributed by atoms with E-state index in [2.05, 4.69) is 16.0 Å². The second-order valence-corrected chi connectivity index (χ2v) is 11.2. The molecule has 1 aliphatic rings. The van der Waals surface area contributed by atoms with Gasteiger partial charge < -0.3 is 35.6 Å². The molecule has 0 fully saturated rings. The first kappa shape index (κ1) is 31.3. The second-order valence-electron chi connectivity index (χ2n) is 11.2. The molecule has 0 saturated carbocycles. The van der Waals surface area contributed by atoms with E-state index in [-0.39, 0.29) is 48.5 Å². The summed E-state index contributed by atoms with van der Waals surface area (Å²) >= 11 is 0. The molecule has 5 amide bonds. The lowest BCUT2D eigenvalue weighted by Gasteiger charge is -2.38. The molecule has 1 heterocycles. The zero-order valence-electron chi connectivity index (χ0n) is 25.3. The molecular weight excluding hydrogens is 577 g/mol. The summed E-state index contributed by atoms with van der Waals surface area (Å²) in [4.78, 5) is 43.1. The van der Waals surface area contributed by atoms with E-state index in [1.54, 1.807) is 43.1 Å². The van der Waals surface area contributed by atoms with Crippen LogP contribution in [0.25, 0.3) is 10.8 Å². The van der Waals surface area contributed by atoms with Gasteiger partial charge in [0.1, 0.15) is 11.9 Å². The molecule has 3 atom stereocenters. The number of nitrogens with zero attached hydrogens (tertiary/aromatic N) is 2. The number of halogens is 1. The van der Waals surface area contributed by atoms with Gasteiger partial charge in [0.25, 0.3) is 5.91 Å². The van der Waals surface area contributed by atoms with Gasteiger partial charge in [-0.25, -0.2) is 14.0 Å². The van der Waals surface area contributed by atoms with Crippen molar-refractivity contribution in [3.8, 4) is 5.75 Å². The summed E-state index contributed by atoms with van der Waals surface area (Å²) in [6, 6.07) is 22.2. The number of likely N-dealkylation sites (N-methyl/N-ethyl adjacent to an activating group) is 1. The standard InChI is InChI=1S/C34H36FN5O5/c1-21-18-40(22(2)20-41)32(42)27-11-7-13-29(38-33(43)37-28-12-6-9-23-8-4-5-10-26(23)28)31(27)45-30(21)19-39(3)34(44)36-25-16-14-24(35)15-17-25/h4-17,21-22,30,41H,18-20H2,1-3H3,(H,36,44)(H2,37,38,43)/t21-,22-,30-/m0/s1. The molecule has 4 N–H and O–H groups in total. The van der Waals surface area contributed by atoms with Gasteiger partial charge in [0.05, 0.1) is 36.1 Å². The van der Waals surface area contributed by atoms with E-state index in [0.29, 0.717) is 11.4 Å². The summed E-state index contributed by atoms with van der Waals surface area (Å²) in [6.45, 7) is 3.79. The van der Waals surface area contributed by atoms with Crippen molar-refractivity contribution in [2.45, 2.75) is 26.0 Å². The maximum absolute atomic E-state index is 13.8. The molecule has 5 rings (SSSR count). The number of benzene rings is 4. The minimum absolute atomic E-state index is 0.125. The van der Waals surface area contributed by atoms with Gasteiger partial charge >= 0.3 is 12.1 Å². The lowest BCUT2D eigenvalue weighted by molar-refractivity contribution is 0.0373. The number of ether oxygens (including phenoxy) is 1. The zero-order chi connectivity index (χ0) is 32.1. The Labute approximate surface area is 260 Å². The highest BCUT2D eigenvalue weighted by molar-refractivity contribution is 6.08. The molecule has 0 saturated heterocycles. The monoisotopic (exact) mass is 613 g/mol. The van der Waals surface area contributed by atoms with E-state index in [4.69, 9.17) is 4.74 Å². The maximum Gasteiger partial charge on any atom is 0.323 e. The van der Waals surface area contributed by atoms with Crippen LogP contribution in [0.3, 0.4) is 0 Å². The number of aliphatic hydroxyl groups excluding tert-OH is 1. The van der Waals surface area contributed by atoms with Crippen LogP contribution in [0.2, 0.25) is 0 Å². The van der Waals surface area contributed by atoms with Crippen molar-refractivity contribution in [1.82, 2.24) is 9.80 Å². The molecule has 0 unspecified atom stereocenters. The number of rotatable bonds is 7. The van der Waals surface area contributed by atoms with Crippen LogP contribution in [0.4, 0.5) is 31.0 Å². The van der Waals surface area contributed by atoms with Crippen molar-refractivity contribution in [1.29, 1.82) is 0 Å². The van der Waals surface area contributed by atoms with Crippen LogP contribution in [0.1, 0.15) is 24.2 Å². The van der Waals surface area contributed by atoms with Crippen molar-refractivity contribution in [2.75, 3.05) is 42.7 Å². The first-order valence-corrected chi connectivity index (χ1v) is 14.7. The molecule has 10 nitrogen and oxygen atoms in total. The van der Waals surface area contributed by atoms with Crippen LogP contribution in [-0.4, -0.2) is 71.8 Å². The summed E-state index contributed by atoms with van der Waals surface area (Å²) < 4.78 is 19.8. The molecule has 4 aromatic rings. The number of carbonyl (C=O) groups excluding carboxylic acids is 3. The Hall–Kier alpha value is -5.16. The normalized spacial score (nSPS) is 16.9. The van der Waals surface area contributed by atoms with Crippen molar-refractivity contribution < 1.29 is 28.6 Å². The molecule has 234 valence electrons. The van der Waals surface area contributed by atoms with Crippen LogP contribution < -0.4 is 20.7 Å². The van der Waals surface area contributed by atoms with E-state index in [0.717, 1.165) is 10.8 Å². The first-order valence-electron chi connectivity index (χ1n) is 14.7. The van der Waals surface area contributed by atoms with Gasteiger partial charge in [0, 0.05) is 30.6 Å². The molecule has 45 heavy (non-hydrogen) atoms. The highest BCUT2D eigenvalue weighted by Gasteiger charge is 2.35. The minimum atomic E-state index is -0.613. The Morgan fingerprint density at radius 2 is 1.64 bits per heavy atom. The second kappa shape index (κ2) is 13.6. The highest BCUT2D eigenvalue weighted by atomic mass is 19.1. The number of hydrogen-bond acceptors (Lipinski definition) is 5. The predicted molar refractivity (Wildman–Crippen MR) is 172 cm³/mol. The third-order valence-corrected chi connectivity index (χ3v) is 7.87. The topological polar surface area (TPSA) is 123 Å². The number of amides is 5.